The van der Waals surface area contributed by atoms with Gasteiger partial charge in [0.05, 0.1) is 0 Å². The van der Waals surface area contributed by atoms with Gasteiger partial charge in [-0.25, -0.2) is 0 Å². The highest BCUT2D eigenvalue weighted by Gasteiger charge is 2.12. The molecular formula is C20H17ClN4O2. The van der Waals surface area contributed by atoms with Gasteiger partial charge in [0.2, 0.25) is 0 Å². The third-order valence-electron chi connectivity index (χ3n) is 3.86. The Balaban J connectivity index is 1.67. The molecule has 27 heavy (non-hydrogen) atoms. The van der Waals surface area contributed by atoms with Crippen LogP contribution in [0.15, 0.2) is 61.1 Å². The van der Waals surface area contributed by atoms with Gasteiger partial charge in [-0.3, -0.25) is 19.6 Å². The van der Waals surface area contributed by atoms with Crippen molar-refractivity contribution in [1.29, 1.82) is 0 Å². The Hall–Kier alpha value is -3.25. The van der Waals surface area contributed by atoms with E-state index in [0.29, 0.717) is 22.8 Å². The van der Waals surface area contributed by atoms with Crippen LogP contribution in [-0.4, -0.2) is 21.8 Å². The molecule has 0 fully saturated rings. The van der Waals surface area contributed by atoms with Gasteiger partial charge < -0.3 is 10.6 Å². The molecule has 0 saturated carbocycles. The largest absolute Gasteiger partial charge is 0.348 e. The summed E-state index contributed by atoms with van der Waals surface area (Å²) in [6, 6.07) is 11.9. The van der Waals surface area contributed by atoms with Crippen molar-refractivity contribution in [3.05, 3.63) is 88.5 Å². The van der Waals surface area contributed by atoms with Crippen molar-refractivity contribution in [2.24, 2.45) is 0 Å². The summed E-state index contributed by atoms with van der Waals surface area (Å²) in [4.78, 5) is 32.8. The molecule has 2 amide bonds. The predicted octanol–water partition coefficient (Wildman–Crippen LogP) is 3.62. The highest BCUT2D eigenvalue weighted by Crippen LogP contribution is 2.20. The molecule has 136 valence electrons. The smallest absolute Gasteiger partial charge is 0.274 e. The molecule has 6 nitrogen and oxygen atoms in total. The molecule has 2 aromatic heterocycles. The van der Waals surface area contributed by atoms with E-state index in [9.17, 15) is 9.59 Å². The molecule has 3 rings (SSSR count). The molecule has 2 N–H and O–H groups in total. The zero-order valence-corrected chi connectivity index (χ0v) is 15.3. The normalized spacial score (nSPS) is 10.3. The maximum atomic E-state index is 12.4. The number of rotatable bonds is 5. The summed E-state index contributed by atoms with van der Waals surface area (Å²) in [6.07, 6.45) is 4.77. The quantitative estimate of drug-likeness (QED) is 0.708. The van der Waals surface area contributed by atoms with Crippen LogP contribution in [0, 0.1) is 6.92 Å². The minimum Gasteiger partial charge on any atom is -0.348 e. The first-order valence-electron chi connectivity index (χ1n) is 8.23. The molecule has 0 atom stereocenters. The Kier molecular flexibility index (Phi) is 5.78. The molecule has 0 aliphatic rings. The summed E-state index contributed by atoms with van der Waals surface area (Å²) in [5.74, 6) is -0.717. The highest BCUT2D eigenvalue weighted by atomic mass is 35.5. The third kappa shape index (κ3) is 4.89. The predicted molar refractivity (Wildman–Crippen MR) is 104 cm³/mol. The monoisotopic (exact) mass is 380 g/mol. The summed E-state index contributed by atoms with van der Waals surface area (Å²) in [5, 5.41) is 6.07. The average molecular weight is 381 g/mol. The van der Waals surface area contributed by atoms with E-state index in [2.05, 4.69) is 20.6 Å². The number of anilines is 1. The first-order chi connectivity index (χ1) is 13.0. The van der Waals surface area contributed by atoms with E-state index in [1.165, 1.54) is 12.3 Å². The fraction of sp³-hybridized carbons (Fsp3) is 0.100. The number of aromatic nitrogens is 2. The Labute approximate surface area is 161 Å². The first kappa shape index (κ1) is 18.5. The highest BCUT2D eigenvalue weighted by molar-refractivity contribution is 6.31. The molecular weight excluding hydrogens is 364 g/mol. The minimum absolute atomic E-state index is 0.140. The van der Waals surface area contributed by atoms with E-state index in [1.54, 1.807) is 36.7 Å². The van der Waals surface area contributed by atoms with Crippen molar-refractivity contribution in [3.8, 4) is 0 Å². The molecule has 0 bridgehead atoms. The molecule has 0 saturated heterocycles. The van der Waals surface area contributed by atoms with E-state index < -0.39 is 5.91 Å². The van der Waals surface area contributed by atoms with E-state index in [1.807, 2.05) is 19.1 Å². The number of nitrogens with one attached hydrogen (secondary N) is 2. The van der Waals surface area contributed by atoms with Gasteiger partial charge in [-0.2, -0.15) is 0 Å². The van der Waals surface area contributed by atoms with Gasteiger partial charge in [0, 0.05) is 41.4 Å². The van der Waals surface area contributed by atoms with Gasteiger partial charge in [0.25, 0.3) is 11.8 Å². The van der Waals surface area contributed by atoms with Gasteiger partial charge in [-0.05, 0) is 48.4 Å². The van der Waals surface area contributed by atoms with E-state index >= 15 is 0 Å². The zero-order chi connectivity index (χ0) is 19.2. The fourth-order valence-corrected chi connectivity index (χ4v) is 2.53. The maximum Gasteiger partial charge on any atom is 0.274 e. The lowest BCUT2D eigenvalue weighted by atomic mass is 10.2. The summed E-state index contributed by atoms with van der Waals surface area (Å²) in [6.45, 7) is 2.22. The third-order valence-corrected chi connectivity index (χ3v) is 4.27. The van der Waals surface area contributed by atoms with Crippen molar-refractivity contribution in [2.75, 3.05) is 5.32 Å². The molecule has 2 heterocycles. The molecule has 7 heteroatoms. The second-order valence-corrected chi connectivity index (χ2v) is 6.30. The number of carbonyl (C=O) groups is 2. The second-order valence-electron chi connectivity index (χ2n) is 5.89. The number of hydrogen-bond donors (Lipinski definition) is 2. The van der Waals surface area contributed by atoms with Crippen LogP contribution in [0.4, 0.5) is 5.69 Å². The number of amides is 2. The van der Waals surface area contributed by atoms with Gasteiger partial charge in [0.1, 0.15) is 5.69 Å². The lowest BCUT2D eigenvalue weighted by molar-refractivity contribution is 0.0950. The number of aryl methyl sites for hydroxylation is 1. The molecule has 3 aromatic rings. The van der Waals surface area contributed by atoms with Crippen LogP contribution in [-0.2, 0) is 6.54 Å². The number of carbonyl (C=O) groups excluding carboxylic acids is 2. The first-order valence-corrected chi connectivity index (χ1v) is 8.61. The lowest BCUT2D eigenvalue weighted by Crippen LogP contribution is -2.23. The van der Waals surface area contributed by atoms with Gasteiger partial charge >= 0.3 is 0 Å². The molecule has 0 radical (unpaired) electrons. The number of nitrogens with zero attached hydrogens (tertiary/aromatic N) is 2. The molecule has 1 aromatic carbocycles. The van der Waals surface area contributed by atoms with Gasteiger partial charge in [-0.15, -0.1) is 0 Å². The van der Waals surface area contributed by atoms with E-state index in [4.69, 9.17) is 11.6 Å². The Bertz CT molecular complexity index is 977. The SMILES string of the molecule is Cc1ccc(NC(=O)c2cc(C(=O)NCc3cccnc3)ccn2)cc1Cl. The van der Waals surface area contributed by atoms with Crippen LogP contribution >= 0.6 is 11.6 Å². The zero-order valence-electron chi connectivity index (χ0n) is 14.6. The number of halogens is 1. The average Bonchev–Trinajstić information content (AvgIpc) is 2.70. The van der Waals surface area contributed by atoms with Crippen molar-refractivity contribution in [3.63, 3.8) is 0 Å². The van der Waals surface area contributed by atoms with E-state index in [-0.39, 0.29) is 11.6 Å². The van der Waals surface area contributed by atoms with Crippen molar-refractivity contribution >= 4 is 29.1 Å². The minimum atomic E-state index is -0.420. The summed E-state index contributed by atoms with van der Waals surface area (Å²) >= 11 is 6.07. The fourth-order valence-electron chi connectivity index (χ4n) is 2.35. The molecule has 0 spiro atoms. The molecule has 0 unspecified atom stereocenters. The number of pyridine rings is 2. The Morgan fingerprint density at radius 2 is 1.93 bits per heavy atom. The van der Waals surface area contributed by atoms with Crippen LogP contribution in [0.25, 0.3) is 0 Å². The second kappa shape index (κ2) is 8.42. The van der Waals surface area contributed by atoms with Crippen LogP contribution in [0.5, 0.6) is 0 Å². The van der Waals surface area contributed by atoms with Gasteiger partial charge in [0.15, 0.2) is 0 Å². The van der Waals surface area contributed by atoms with Gasteiger partial charge in [-0.1, -0.05) is 23.7 Å². The van der Waals surface area contributed by atoms with Crippen molar-refractivity contribution in [1.82, 2.24) is 15.3 Å². The lowest BCUT2D eigenvalue weighted by Gasteiger charge is -2.08. The van der Waals surface area contributed by atoms with Crippen LogP contribution < -0.4 is 10.6 Å². The Morgan fingerprint density at radius 1 is 1.07 bits per heavy atom. The standard InChI is InChI=1S/C20H17ClN4O2/c1-13-4-5-16(10-17(13)21)25-20(27)18-9-15(6-8-23-18)19(26)24-12-14-3-2-7-22-11-14/h2-11H,12H2,1H3,(H,24,26)(H,25,27). The summed E-state index contributed by atoms with van der Waals surface area (Å²) in [7, 11) is 0. The van der Waals surface area contributed by atoms with E-state index in [0.717, 1.165) is 11.1 Å². The van der Waals surface area contributed by atoms with Crippen molar-refractivity contribution in [2.45, 2.75) is 13.5 Å². The summed E-state index contributed by atoms with van der Waals surface area (Å²) < 4.78 is 0. The van der Waals surface area contributed by atoms with Crippen LogP contribution in [0.2, 0.25) is 5.02 Å². The van der Waals surface area contributed by atoms with Crippen LogP contribution in [0.3, 0.4) is 0 Å². The summed E-state index contributed by atoms with van der Waals surface area (Å²) in [5.41, 5.74) is 2.85. The topological polar surface area (TPSA) is 84.0 Å². The van der Waals surface area contributed by atoms with Crippen LogP contribution in [0.1, 0.15) is 32.0 Å². The molecule has 0 aliphatic carbocycles. The Morgan fingerprint density at radius 3 is 2.67 bits per heavy atom. The molecule has 0 aliphatic heterocycles. The maximum absolute atomic E-state index is 12.4. The van der Waals surface area contributed by atoms with Crippen molar-refractivity contribution < 1.29 is 9.59 Å². The number of benzene rings is 1. The number of hydrogen-bond acceptors (Lipinski definition) is 4.